The molecule has 70 valence electrons. The summed E-state index contributed by atoms with van der Waals surface area (Å²) in [6.45, 7) is 3.86. The van der Waals surface area contributed by atoms with Crippen molar-refractivity contribution >= 4 is 12.1 Å². The second-order valence-electron chi connectivity index (χ2n) is 2.65. The number of aldehydes is 1. The summed E-state index contributed by atoms with van der Waals surface area (Å²) in [6, 6.07) is 0. The number of Topliss-reactive ketones (excluding diaryl/α,β-unsaturated/α-hetero) is 1. The second-order valence-corrected chi connectivity index (χ2v) is 2.65. The van der Waals surface area contributed by atoms with Crippen LogP contribution in [0, 0.1) is 0 Å². The molecule has 3 heteroatoms. The molecule has 0 aromatic rings. The van der Waals surface area contributed by atoms with E-state index in [0.717, 1.165) is 19.6 Å². The smallest absolute Gasteiger partial charge is 0.195 e. The Morgan fingerprint density at radius 1 is 1.42 bits per heavy atom. The Labute approximate surface area is 73.1 Å². The fourth-order valence-electron chi connectivity index (χ4n) is 0.816. The summed E-state index contributed by atoms with van der Waals surface area (Å²) in [5, 5.41) is 0. The lowest BCUT2D eigenvalue weighted by Crippen LogP contribution is -1.95. The van der Waals surface area contributed by atoms with Gasteiger partial charge in [-0.05, 0) is 19.3 Å². The SMILES string of the molecule is C1CCOC1.CCCC(=O)C=O. The standard InChI is InChI=1S/C5H8O2.C4H8O/c1-2-3-5(7)4-6;1-2-4-5-3-1/h4H,2-3H2,1H3;1-4H2. The lowest BCUT2D eigenvalue weighted by molar-refractivity contribution is -0.129. The molecule has 3 nitrogen and oxygen atoms in total. The van der Waals surface area contributed by atoms with Gasteiger partial charge in [0.2, 0.25) is 0 Å². The lowest BCUT2D eigenvalue weighted by atomic mass is 10.2. The van der Waals surface area contributed by atoms with E-state index < -0.39 is 0 Å². The van der Waals surface area contributed by atoms with Crippen molar-refractivity contribution < 1.29 is 14.3 Å². The topological polar surface area (TPSA) is 43.4 Å². The van der Waals surface area contributed by atoms with Gasteiger partial charge in [0.25, 0.3) is 0 Å². The van der Waals surface area contributed by atoms with Gasteiger partial charge < -0.3 is 4.74 Å². The number of hydrogen-bond acceptors (Lipinski definition) is 3. The molecule has 0 aromatic carbocycles. The quantitative estimate of drug-likeness (QED) is 0.476. The van der Waals surface area contributed by atoms with Crippen LogP contribution in [0.5, 0.6) is 0 Å². The first-order valence-corrected chi connectivity index (χ1v) is 4.37. The highest BCUT2D eigenvalue weighted by Gasteiger charge is 1.94. The van der Waals surface area contributed by atoms with Crippen LogP contribution in [0.15, 0.2) is 0 Å². The maximum atomic E-state index is 10.0. The summed E-state index contributed by atoms with van der Waals surface area (Å²) in [5.41, 5.74) is 0. The Bertz CT molecular complexity index is 120. The van der Waals surface area contributed by atoms with Gasteiger partial charge in [0, 0.05) is 19.6 Å². The molecule has 0 aliphatic carbocycles. The van der Waals surface area contributed by atoms with Crippen molar-refractivity contribution in [3.63, 3.8) is 0 Å². The molecule has 0 atom stereocenters. The van der Waals surface area contributed by atoms with Crippen molar-refractivity contribution in [3.8, 4) is 0 Å². The predicted molar refractivity (Wildman–Crippen MR) is 46.0 cm³/mol. The van der Waals surface area contributed by atoms with Crippen LogP contribution in [0.25, 0.3) is 0 Å². The van der Waals surface area contributed by atoms with Gasteiger partial charge in [0.1, 0.15) is 0 Å². The number of rotatable bonds is 3. The third-order valence-electron chi connectivity index (χ3n) is 1.46. The Kier molecular flexibility index (Phi) is 7.91. The van der Waals surface area contributed by atoms with E-state index in [1.54, 1.807) is 0 Å². The number of ether oxygens (including phenoxy) is 1. The monoisotopic (exact) mass is 172 g/mol. The van der Waals surface area contributed by atoms with Crippen molar-refractivity contribution in [2.75, 3.05) is 13.2 Å². The highest BCUT2D eigenvalue weighted by atomic mass is 16.5. The minimum absolute atomic E-state index is 0.303. The molecular formula is C9H16O3. The van der Waals surface area contributed by atoms with Gasteiger partial charge in [0.05, 0.1) is 0 Å². The summed E-state index contributed by atoms with van der Waals surface area (Å²) >= 11 is 0. The zero-order chi connectivity index (χ0) is 9.23. The van der Waals surface area contributed by atoms with Gasteiger partial charge in [-0.3, -0.25) is 9.59 Å². The van der Waals surface area contributed by atoms with E-state index in [0.29, 0.717) is 12.7 Å². The largest absolute Gasteiger partial charge is 0.381 e. The number of hydrogen-bond donors (Lipinski definition) is 0. The Hall–Kier alpha value is -0.700. The van der Waals surface area contributed by atoms with E-state index in [2.05, 4.69) is 0 Å². The third-order valence-corrected chi connectivity index (χ3v) is 1.46. The van der Waals surface area contributed by atoms with Crippen LogP contribution in [-0.4, -0.2) is 25.3 Å². The zero-order valence-corrected chi connectivity index (χ0v) is 7.54. The second kappa shape index (κ2) is 8.40. The van der Waals surface area contributed by atoms with E-state index in [1.807, 2.05) is 6.92 Å². The molecule has 1 rings (SSSR count). The van der Waals surface area contributed by atoms with Gasteiger partial charge in [-0.25, -0.2) is 0 Å². The van der Waals surface area contributed by atoms with Crippen molar-refractivity contribution in [2.45, 2.75) is 32.6 Å². The van der Waals surface area contributed by atoms with Crippen LogP contribution in [0.2, 0.25) is 0 Å². The number of ketones is 1. The number of carbonyl (C=O) groups excluding carboxylic acids is 2. The fraction of sp³-hybridized carbons (Fsp3) is 0.778. The molecule has 0 bridgehead atoms. The molecule has 0 spiro atoms. The van der Waals surface area contributed by atoms with Crippen LogP contribution in [0.3, 0.4) is 0 Å². The summed E-state index contributed by atoms with van der Waals surface area (Å²) in [6.07, 6.45) is 4.07. The minimum Gasteiger partial charge on any atom is -0.381 e. The van der Waals surface area contributed by atoms with Crippen LogP contribution >= 0.6 is 0 Å². The van der Waals surface area contributed by atoms with Gasteiger partial charge in [0.15, 0.2) is 12.1 Å². The highest BCUT2D eigenvalue weighted by Crippen LogP contribution is 1.98. The molecule has 1 aliphatic heterocycles. The first-order chi connectivity index (χ1) is 5.81. The van der Waals surface area contributed by atoms with Crippen LogP contribution in [0.1, 0.15) is 32.6 Å². The molecule has 1 fully saturated rings. The molecule has 0 saturated carbocycles. The molecule has 0 radical (unpaired) electrons. The molecule has 1 heterocycles. The van der Waals surface area contributed by atoms with Crippen molar-refractivity contribution in [1.29, 1.82) is 0 Å². The van der Waals surface area contributed by atoms with Crippen molar-refractivity contribution in [1.82, 2.24) is 0 Å². The highest BCUT2D eigenvalue weighted by molar-refractivity contribution is 6.24. The average Bonchev–Trinajstić information content (AvgIpc) is 2.62. The molecule has 0 unspecified atom stereocenters. The Morgan fingerprint density at radius 2 is 2.00 bits per heavy atom. The molecule has 1 aliphatic rings. The van der Waals surface area contributed by atoms with Crippen molar-refractivity contribution in [2.24, 2.45) is 0 Å². The normalized spacial score (nSPS) is 14.8. The van der Waals surface area contributed by atoms with E-state index in [1.165, 1.54) is 12.8 Å². The predicted octanol–water partition coefficient (Wildman–Crippen LogP) is 1.35. The molecular weight excluding hydrogens is 156 g/mol. The van der Waals surface area contributed by atoms with Crippen LogP contribution in [-0.2, 0) is 14.3 Å². The fourth-order valence-corrected chi connectivity index (χ4v) is 0.816. The van der Waals surface area contributed by atoms with Gasteiger partial charge >= 0.3 is 0 Å². The average molecular weight is 172 g/mol. The van der Waals surface area contributed by atoms with E-state index in [9.17, 15) is 9.59 Å². The van der Waals surface area contributed by atoms with Crippen LogP contribution in [0.4, 0.5) is 0 Å². The van der Waals surface area contributed by atoms with Crippen molar-refractivity contribution in [3.05, 3.63) is 0 Å². The first-order valence-electron chi connectivity index (χ1n) is 4.37. The first kappa shape index (κ1) is 11.3. The summed E-state index contributed by atoms with van der Waals surface area (Å²) in [5.74, 6) is -0.303. The van der Waals surface area contributed by atoms with E-state index in [4.69, 9.17) is 4.74 Å². The molecule has 1 saturated heterocycles. The molecule has 12 heavy (non-hydrogen) atoms. The maximum Gasteiger partial charge on any atom is 0.195 e. The molecule has 0 amide bonds. The van der Waals surface area contributed by atoms with Gasteiger partial charge in [-0.2, -0.15) is 0 Å². The Morgan fingerprint density at radius 3 is 2.17 bits per heavy atom. The summed E-state index contributed by atoms with van der Waals surface area (Å²) in [7, 11) is 0. The molecule has 0 N–H and O–H groups in total. The molecule has 0 aromatic heterocycles. The van der Waals surface area contributed by atoms with Gasteiger partial charge in [-0.1, -0.05) is 6.92 Å². The lowest BCUT2D eigenvalue weighted by Gasteiger charge is -1.79. The van der Waals surface area contributed by atoms with Crippen LogP contribution < -0.4 is 0 Å². The van der Waals surface area contributed by atoms with E-state index >= 15 is 0 Å². The number of carbonyl (C=O) groups is 2. The Balaban J connectivity index is 0.000000211. The van der Waals surface area contributed by atoms with Gasteiger partial charge in [-0.15, -0.1) is 0 Å². The van der Waals surface area contributed by atoms with E-state index in [-0.39, 0.29) is 5.78 Å². The summed E-state index contributed by atoms with van der Waals surface area (Å²) in [4.78, 5) is 19.6. The minimum atomic E-state index is -0.303. The zero-order valence-electron chi connectivity index (χ0n) is 7.54. The summed E-state index contributed by atoms with van der Waals surface area (Å²) < 4.78 is 4.94. The maximum absolute atomic E-state index is 10.0. The third kappa shape index (κ3) is 7.41.